The number of hydrogen-bond acceptors (Lipinski definition) is 2. The third kappa shape index (κ3) is 4.45. The second kappa shape index (κ2) is 6.28. The van der Waals surface area contributed by atoms with Gasteiger partial charge in [0.15, 0.2) is 0 Å². The first-order valence-corrected chi connectivity index (χ1v) is 5.64. The quantitative estimate of drug-likeness (QED) is 0.743. The Kier molecular flexibility index (Phi) is 4.99. The molecule has 1 rings (SSSR count). The highest BCUT2D eigenvalue weighted by atomic mass is 16.1. The summed E-state index contributed by atoms with van der Waals surface area (Å²) in [6, 6.07) is 8.76. The van der Waals surface area contributed by atoms with Crippen LogP contribution < -0.4 is 10.6 Å². The normalized spacial score (nSPS) is 12.2. The summed E-state index contributed by atoms with van der Waals surface area (Å²) in [6.07, 6.45) is 0. The molecule has 0 bridgehead atoms. The summed E-state index contributed by atoms with van der Waals surface area (Å²) in [5.74, 6) is 0.0185. The van der Waals surface area contributed by atoms with E-state index in [9.17, 15) is 4.79 Å². The minimum absolute atomic E-state index is 0.0185. The standard InChI is InChI=1S/C13H20N2O/c1-10-5-4-6-13(9-10)11(2)14-7-8-15-12(3)16/h4-6,9,11,14H,7-8H2,1-3H3,(H,15,16)/t11-/m1/s1. The molecule has 0 aliphatic carbocycles. The van der Waals surface area contributed by atoms with Gasteiger partial charge in [-0.15, -0.1) is 0 Å². The minimum atomic E-state index is 0.0185. The third-order valence-electron chi connectivity index (χ3n) is 2.49. The average molecular weight is 220 g/mol. The fourth-order valence-electron chi connectivity index (χ4n) is 1.58. The molecule has 16 heavy (non-hydrogen) atoms. The molecule has 3 nitrogen and oxygen atoms in total. The Hall–Kier alpha value is -1.35. The van der Waals surface area contributed by atoms with Crippen LogP contribution in [0.15, 0.2) is 24.3 Å². The van der Waals surface area contributed by atoms with Crippen LogP contribution in [0.4, 0.5) is 0 Å². The van der Waals surface area contributed by atoms with Crippen LogP contribution in [-0.4, -0.2) is 19.0 Å². The maximum Gasteiger partial charge on any atom is 0.216 e. The van der Waals surface area contributed by atoms with Crippen LogP contribution in [0.3, 0.4) is 0 Å². The highest BCUT2D eigenvalue weighted by Crippen LogP contribution is 2.12. The molecule has 0 fully saturated rings. The highest BCUT2D eigenvalue weighted by Gasteiger charge is 2.03. The van der Waals surface area contributed by atoms with E-state index in [0.717, 1.165) is 6.54 Å². The second-order valence-electron chi connectivity index (χ2n) is 4.07. The number of hydrogen-bond donors (Lipinski definition) is 2. The van der Waals surface area contributed by atoms with Gasteiger partial charge in [-0.1, -0.05) is 29.8 Å². The lowest BCUT2D eigenvalue weighted by Gasteiger charge is -2.14. The van der Waals surface area contributed by atoms with Gasteiger partial charge < -0.3 is 10.6 Å². The average Bonchev–Trinajstić information content (AvgIpc) is 2.24. The molecule has 0 unspecified atom stereocenters. The Labute approximate surface area is 97.2 Å². The van der Waals surface area contributed by atoms with Crippen LogP contribution in [0.1, 0.15) is 31.0 Å². The largest absolute Gasteiger partial charge is 0.355 e. The molecular weight excluding hydrogens is 200 g/mol. The van der Waals surface area contributed by atoms with Crippen molar-refractivity contribution in [3.8, 4) is 0 Å². The van der Waals surface area contributed by atoms with Crippen molar-refractivity contribution in [1.29, 1.82) is 0 Å². The van der Waals surface area contributed by atoms with Crippen molar-refractivity contribution in [1.82, 2.24) is 10.6 Å². The number of aryl methyl sites for hydroxylation is 1. The Morgan fingerprint density at radius 3 is 2.75 bits per heavy atom. The molecular formula is C13H20N2O. The van der Waals surface area contributed by atoms with Crippen molar-refractivity contribution in [2.75, 3.05) is 13.1 Å². The molecule has 1 amide bonds. The van der Waals surface area contributed by atoms with Crippen molar-refractivity contribution in [3.05, 3.63) is 35.4 Å². The number of carbonyl (C=O) groups excluding carboxylic acids is 1. The molecule has 0 aromatic heterocycles. The zero-order valence-corrected chi connectivity index (χ0v) is 10.2. The summed E-state index contributed by atoms with van der Waals surface area (Å²) in [6.45, 7) is 7.21. The monoisotopic (exact) mass is 220 g/mol. The van der Waals surface area contributed by atoms with E-state index in [0.29, 0.717) is 12.6 Å². The fraction of sp³-hybridized carbons (Fsp3) is 0.462. The van der Waals surface area contributed by atoms with Crippen LogP contribution in [0.2, 0.25) is 0 Å². The molecule has 0 aliphatic rings. The lowest BCUT2D eigenvalue weighted by atomic mass is 10.1. The van der Waals surface area contributed by atoms with E-state index < -0.39 is 0 Å². The molecule has 0 radical (unpaired) electrons. The summed E-state index contributed by atoms with van der Waals surface area (Å²) < 4.78 is 0. The number of nitrogens with one attached hydrogen (secondary N) is 2. The summed E-state index contributed by atoms with van der Waals surface area (Å²) >= 11 is 0. The SMILES string of the molecule is CC(=O)NCCN[C@H](C)c1cccc(C)c1. The van der Waals surface area contributed by atoms with Gasteiger partial charge in [-0.05, 0) is 19.4 Å². The van der Waals surface area contributed by atoms with Crippen LogP contribution in [0.25, 0.3) is 0 Å². The number of amides is 1. The first kappa shape index (κ1) is 12.7. The number of benzene rings is 1. The van der Waals surface area contributed by atoms with Crippen LogP contribution in [0.5, 0.6) is 0 Å². The molecule has 1 aromatic carbocycles. The molecule has 2 N–H and O–H groups in total. The van der Waals surface area contributed by atoms with E-state index in [1.54, 1.807) is 0 Å². The summed E-state index contributed by atoms with van der Waals surface area (Å²) in [7, 11) is 0. The zero-order valence-electron chi connectivity index (χ0n) is 10.2. The molecule has 1 atom stereocenters. The van der Waals surface area contributed by atoms with E-state index >= 15 is 0 Å². The smallest absolute Gasteiger partial charge is 0.216 e. The van der Waals surface area contributed by atoms with Crippen molar-refractivity contribution >= 4 is 5.91 Å². The van der Waals surface area contributed by atoms with Crippen LogP contribution in [-0.2, 0) is 4.79 Å². The van der Waals surface area contributed by atoms with Crippen LogP contribution in [0, 0.1) is 6.92 Å². The fourth-order valence-corrected chi connectivity index (χ4v) is 1.58. The van der Waals surface area contributed by atoms with Crippen molar-refractivity contribution < 1.29 is 4.79 Å². The highest BCUT2D eigenvalue weighted by molar-refractivity contribution is 5.72. The van der Waals surface area contributed by atoms with E-state index in [1.807, 2.05) is 0 Å². The number of rotatable bonds is 5. The minimum Gasteiger partial charge on any atom is -0.355 e. The summed E-state index contributed by atoms with van der Waals surface area (Å²) in [5.41, 5.74) is 2.55. The predicted molar refractivity (Wildman–Crippen MR) is 66.3 cm³/mol. The maximum atomic E-state index is 10.7. The topological polar surface area (TPSA) is 41.1 Å². The summed E-state index contributed by atoms with van der Waals surface area (Å²) in [5, 5.41) is 6.13. The van der Waals surface area contributed by atoms with Gasteiger partial charge in [-0.2, -0.15) is 0 Å². The van der Waals surface area contributed by atoms with Crippen LogP contribution >= 0.6 is 0 Å². The molecule has 0 heterocycles. The lowest BCUT2D eigenvalue weighted by Crippen LogP contribution is -2.31. The molecule has 3 heteroatoms. The van der Waals surface area contributed by atoms with Gasteiger partial charge in [0.1, 0.15) is 0 Å². The van der Waals surface area contributed by atoms with Gasteiger partial charge in [0.25, 0.3) is 0 Å². The Balaban J connectivity index is 2.35. The Morgan fingerprint density at radius 2 is 2.12 bits per heavy atom. The first-order chi connectivity index (χ1) is 7.59. The summed E-state index contributed by atoms with van der Waals surface area (Å²) in [4.78, 5) is 10.7. The number of carbonyl (C=O) groups is 1. The second-order valence-corrected chi connectivity index (χ2v) is 4.07. The van der Waals surface area contributed by atoms with E-state index in [1.165, 1.54) is 18.1 Å². The van der Waals surface area contributed by atoms with E-state index in [2.05, 4.69) is 48.7 Å². The molecule has 0 spiro atoms. The Bertz CT molecular complexity index is 350. The predicted octanol–water partition coefficient (Wildman–Crippen LogP) is 1.78. The van der Waals surface area contributed by atoms with Gasteiger partial charge in [-0.3, -0.25) is 4.79 Å². The van der Waals surface area contributed by atoms with E-state index in [-0.39, 0.29) is 5.91 Å². The van der Waals surface area contributed by atoms with Gasteiger partial charge in [0.2, 0.25) is 5.91 Å². The van der Waals surface area contributed by atoms with Gasteiger partial charge >= 0.3 is 0 Å². The van der Waals surface area contributed by atoms with Gasteiger partial charge in [0.05, 0.1) is 0 Å². The molecule has 88 valence electrons. The zero-order chi connectivity index (χ0) is 12.0. The van der Waals surface area contributed by atoms with E-state index in [4.69, 9.17) is 0 Å². The van der Waals surface area contributed by atoms with Crippen molar-refractivity contribution in [3.63, 3.8) is 0 Å². The van der Waals surface area contributed by atoms with Crippen molar-refractivity contribution in [2.24, 2.45) is 0 Å². The first-order valence-electron chi connectivity index (χ1n) is 5.64. The molecule has 0 aliphatic heterocycles. The molecule has 0 saturated heterocycles. The van der Waals surface area contributed by atoms with Gasteiger partial charge in [0, 0.05) is 26.1 Å². The molecule has 1 aromatic rings. The maximum absolute atomic E-state index is 10.7. The lowest BCUT2D eigenvalue weighted by molar-refractivity contribution is -0.118. The van der Waals surface area contributed by atoms with Crippen molar-refractivity contribution in [2.45, 2.75) is 26.8 Å². The Morgan fingerprint density at radius 1 is 1.38 bits per heavy atom. The van der Waals surface area contributed by atoms with Gasteiger partial charge in [-0.25, -0.2) is 0 Å². The molecule has 0 saturated carbocycles. The third-order valence-corrected chi connectivity index (χ3v) is 2.49.